The SMILES string of the molecule is CCCCNC(=O)c1ccccc1NC(=O)CN(c1ccccc1)S(=O)(=O)c1ccccc1. The van der Waals surface area contributed by atoms with E-state index < -0.39 is 22.5 Å². The van der Waals surface area contributed by atoms with E-state index in [2.05, 4.69) is 10.6 Å². The molecule has 2 amide bonds. The summed E-state index contributed by atoms with van der Waals surface area (Å²) < 4.78 is 27.7. The summed E-state index contributed by atoms with van der Waals surface area (Å²) in [5.41, 5.74) is 1.00. The van der Waals surface area contributed by atoms with E-state index >= 15 is 0 Å². The molecule has 0 unspecified atom stereocenters. The number of anilines is 2. The number of hydrogen-bond acceptors (Lipinski definition) is 4. The van der Waals surface area contributed by atoms with E-state index in [1.54, 1.807) is 72.8 Å². The Morgan fingerprint density at radius 1 is 0.848 bits per heavy atom. The Kier molecular flexibility index (Phi) is 8.21. The Morgan fingerprint density at radius 2 is 1.45 bits per heavy atom. The molecule has 0 aromatic heterocycles. The highest BCUT2D eigenvalue weighted by atomic mass is 32.2. The zero-order chi connectivity index (χ0) is 23.7. The first kappa shape index (κ1) is 24.0. The molecule has 0 saturated carbocycles. The fraction of sp³-hybridized carbons (Fsp3) is 0.200. The van der Waals surface area contributed by atoms with E-state index in [1.807, 2.05) is 6.92 Å². The summed E-state index contributed by atoms with van der Waals surface area (Å²) in [6.07, 6.45) is 1.80. The molecule has 3 aromatic carbocycles. The van der Waals surface area contributed by atoms with Crippen molar-refractivity contribution >= 4 is 33.2 Å². The highest BCUT2D eigenvalue weighted by molar-refractivity contribution is 7.92. The summed E-state index contributed by atoms with van der Waals surface area (Å²) in [7, 11) is -3.99. The summed E-state index contributed by atoms with van der Waals surface area (Å²) >= 11 is 0. The van der Waals surface area contributed by atoms with Gasteiger partial charge in [0.2, 0.25) is 5.91 Å². The van der Waals surface area contributed by atoms with Crippen LogP contribution >= 0.6 is 0 Å². The maximum atomic E-state index is 13.3. The molecule has 7 nitrogen and oxygen atoms in total. The van der Waals surface area contributed by atoms with Crippen LogP contribution in [0.3, 0.4) is 0 Å². The van der Waals surface area contributed by atoms with Gasteiger partial charge < -0.3 is 10.6 Å². The average molecular weight is 466 g/mol. The molecule has 33 heavy (non-hydrogen) atoms. The second-order valence-electron chi connectivity index (χ2n) is 7.36. The maximum absolute atomic E-state index is 13.3. The number of sulfonamides is 1. The normalized spacial score (nSPS) is 10.9. The van der Waals surface area contributed by atoms with Gasteiger partial charge in [-0.25, -0.2) is 8.42 Å². The quantitative estimate of drug-likeness (QED) is 0.442. The lowest BCUT2D eigenvalue weighted by Crippen LogP contribution is -2.38. The minimum atomic E-state index is -3.99. The van der Waals surface area contributed by atoms with Crippen molar-refractivity contribution in [1.82, 2.24) is 5.32 Å². The standard InChI is InChI=1S/C25H27N3O4S/c1-2-3-18-26-25(30)22-16-10-11-17-23(22)27-24(29)19-28(20-12-6-4-7-13-20)33(31,32)21-14-8-5-9-15-21/h4-17H,2-3,18-19H2,1H3,(H,26,30)(H,27,29). The van der Waals surface area contributed by atoms with E-state index in [9.17, 15) is 18.0 Å². The fourth-order valence-electron chi connectivity index (χ4n) is 3.21. The van der Waals surface area contributed by atoms with Crippen molar-refractivity contribution in [2.45, 2.75) is 24.7 Å². The summed E-state index contributed by atoms with van der Waals surface area (Å²) in [4.78, 5) is 25.6. The lowest BCUT2D eigenvalue weighted by atomic mass is 10.1. The van der Waals surface area contributed by atoms with Crippen LogP contribution < -0.4 is 14.9 Å². The smallest absolute Gasteiger partial charge is 0.264 e. The van der Waals surface area contributed by atoms with E-state index in [4.69, 9.17) is 0 Å². The maximum Gasteiger partial charge on any atom is 0.264 e. The highest BCUT2D eigenvalue weighted by Gasteiger charge is 2.27. The zero-order valence-corrected chi connectivity index (χ0v) is 19.2. The van der Waals surface area contributed by atoms with Gasteiger partial charge in [-0.3, -0.25) is 13.9 Å². The number of para-hydroxylation sites is 2. The number of amides is 2. The number of unbranched alkanes of at least 4 members (excludes halogenated alkanes) is 1. The third-order valence-corrected chi connectivity index (χ3v) is 6.71. The first-order chi connectivity index (χ1) is 15.9. The second kappa shape index (κ2) is 11.3. The van der Waals surface area contributed by atoms with Gasteiger partial charge in [-0.2, -0.15) is 0 Å². The molecule has 0 spiro atoms. The monoisotopic (exact) mass is 465 g/mol. The number of carbonyl (C=O) groups excluding carboxylic acids is 2. The van der Waals surface area contributed by atoms with Crippen LogP contribution in [0, 0.1) is 0 Å². The topological polar surface area (TPSA) is 95.6 Å². The van der Waals surface area contributed by atoms with Gasteiger partial charge in [0.15, 0.2) is 0 Å². The van der Waals surface area contributed by atoms with Crippen LogP contribution in [-0.4, -0.2) is 33.3 Å². The Hall–Kier alpha value is -3.65. The van der Waals surface area contributed by atoms with Gasteiger partial charge >= 0.3 is 0 Å². The van der Waals surface area contributed by atoms with E-state index in [-0.39, 0.29) is 10.8 Å². The van der Waals surface area contributed by atoms with Gasteiger partial charge in [-0.15, -0.1) is 0 Å². The van der Waals surface area contributed by atoms with Crippen LogP contribution in [0.25, 0.3) is 0 Å². The van der Waals surface area contributed by atoms with Gasteiger partial charge in [-0.05, 0) is 42.8 Å². The predicted octanol–water partition coefficient (Wildman–Crippen LogP) is 4.05. The number of hydrogen-bond donors (Lipinski definition) is 2. The molecule has 0 fully saturated rings. The van der Waals surface area contributed by atoms with Crippen LogP contribution in [0.4, 0.5) is 11.4 Å². The van der Waals surface area contributed by atoms with Gasteiger partial charge in [0, 0.05) is 6.54 Å². The molecular weight excluding hydrogens is 438 g/mol. The fourth-order valence-corrected chi connectivity index (χ4v) is 4.66. The molecule has 0 saturated heterocycles. The van der Waals surface area contributed by atoms with E-state index in [0.717, 1.165) is 17.1 Å². The van der Waals surface area contributed by atoms with Crippen molar-refractivity contribution in [3.8, 4) is 0 Å². The van der Waals surface area contributed by atoms with Crippen LogP contribution in [0.2, 0.25) is 0 Å². The van der Waals surface area contributed by atoms with Crippen LogP contribution in [0.1, 0.15) is 30.1 Å². The first-order valence-electron chi connectivity index (χ1n) is 10.7. The van der Waals surface area contributed by atoms with Crippen molar-refractivity contribution in [2.75, 3.05) is 22.7 Å². The summed E-state index contributed by atoms with van der Waals surface area (Å²) in [5.74, 6) is -0.858. The Bertz CT molecular complexity index is 1180. The van der Waals surface area contributed by atoms with E-state index in [0.29, 0.717) is 23.5 Å². The molecule has 0 aliphatic rings. The third-order valence-electron chi connectivity index (χ3n) is 4.92. The Morgan fingerprint density at radius 3 is 2.12 bits per heavy atom. The van der Waals surface area contributed by atoms with Gasteiger partial charge in [0.1, 0.15) is 6.54 Å². The summed E-state index contributed by atoms with van der Waals surface area (Å²) in [5, 5.41) is 5.53. The first-order valence-corrected chi connectivity index (χ1v) is 12.2. The third kappa shape index (κ3) is 6.20. The molecule has 8 heteroatoms. The van der Waals surface area contributed by atoms with Gasteiger partial charge in [-0.1, -0.05) is 61.9 Å². The Labute approximate surface area is 194 Å². The molecule has 2 N–H and O–H groups in total. The van der Waals surface area contributed by atoms with Crippen LogP contribution in [-0.2, 0) is 14.8 Å². The van der Waals surface area contributed by atoms with E-state index in [1.165, 1.54) is 12.1 Å². The number of rotatable bonds is 10. The summed E-state index contributed by atoms with van der Waals surface area (Å²) in [6, 6.07) is 23.0. The second-order valence-corrected chi connectivity index (χ2v) is 9.23. The zero-order valence-electron chi connectivity index (χ0n) is 18.4. The molecule has 0 radical (unpaired) electrons. The molecule has 172 valence electrons. The largest absolute Gasteiger partial charge is 0.352 e. The van der Waals surface area contributed by atoms with Crippen LogP contribution in [0.5, 0.6) is 0 Å². The molecule has 3 aromatic rings. The van der Waals surface area contributed by atoms with Gasteiger partial charge in [0.05, 0.1) is 21.8 Å². The molecule has 0 bridgehead atoms. The highest BCUT2D eigenvalue weighted by Crippen LogP contribution is 2.24. The average Bonchev–Trinajstić information content (AvgIpc) is 2.84. The van der Waals surface area contributed by atoms with Crippen molar-refractivity contribution in [3.63, 3.8) is 0 Å². The number of benzene rings is 3. The molecule has 0 heterocycles. The number of nitrogens with zero attached hydrogens (tertiary/aromatic N) is 1. The van der Waals surface area contributed by atoms with Crippen molar-refractivity contribution in [3.05, 3.63) is 90.5 Å². The Balaban J connectivity index is 1.84. The molecular formula is C25H27N3O4S. The lowest BCUT2D eigenvalue weighted by Gasteiger charge is -2.24. The number of carbonyl (C=O) groups is 2. The molecule has 0 aliphatic carbocycles. The minimum absolute atomic E-state index is 0.0809. The molecule has 0 atom stereocenters. The van der Waals surface area contributed by atoms with Crippen LogP contribution in [0.15, 0.2) is 89.8 Å². The lowest BCUT2D eigenvalue weighted by molar-refractivity contribution is -0.114. The summed E-state index contributed by atoms with van der Waals surface area (Å²) in [6.45, 7) is 2.12. The van der Waals surface area contributed by atoms with Gasteiger partial charge in [0.25, 0.3) is 15.9 Å². The van der Waals surface area contributed by atoms with Crippen molar-refractivity contribution in [2.24, 2.45) is 0 Å². The minimum Gasteiger partial charge on any atom is -0.352 e. The van der Waals surface area contributed by atoms with Crippen molar-refractivity contribution < 1.29 is 18.0 Å². The number of nitrogens with one attached hydrogen (secondary N) is 2. The van der Waals surface area contributed by atoms with Crippen molar-refractivity contribution in [1.29, 1.82) is 0 Å². The molecule has 0 aliphatic heterocycles. The molecule has 3 rings (SSSR count). The predicted molar refractivity (Wildman–Crippen MR) is 130 cm³/mol.